The van der Waals surface area contributed by atoms with Gasteiger partial charge in [0.1, 0.15) is 6.26 Å². The van der Waals surface area contributed by atoms with Crippen LogP contribution in [0.25, 0.3) is 11.5 Å². The van der Waals surface area contributed by atoms with E-state index in [2.05, 4.69) is 39.7 Å². The quantitative estimate of drug-likeness (QED) is 0.464. The first-order chi connectivity index (χ1) is 11.7. The lowest BCUT2D eigenvalue weighted by molar-refractivity contribution is 0.572. The van der Waals surface area contributed by atoms with E-state index in [0.717, 1.165) is 29.7 Å². The summed E-state index contributed by atoms with van der Waals surface area (Å²) in [6.07, 6.45) is 7.06. The topological polar surface area (TPSA) is 62.5 Å². The van der Waals surface area contributed by atoms with Gasteiger partial charge in [-0.3, -0.25) is 4.99 Å². The Bertz CT molecular complexity index is 671. The summed E-state index contributed by atoms with van der Waals surface area (Å²) in [5.74, 6) is 2.45. The van der Waals surface area contributed by atoms with Crippen molar-refractivity contribution in [1.82, 2.24) is 15.6 Å². The maximum Gasteiger partial charge on any atom is 0.226 e. The zero-order valence-electron chi connectivity index (χ0n) is 14.5. The van der Waals surface area contributed by atoms with Crippen molar-refractivity contribution < 1.29 is 4.42 Å². The summed E-state index contributed by atoms with van der Waals surface area (Å²) in [5, 5.41) is 6.63. The lowest BCUT2D eigenvalue weighted by Gasteiger charge is -2.10. The van der Waals surface area contributed by atoms with Crippen LogP contribution in [0, 0.1) is 12.8 Å². The molecule has 0 saturated heterocycles. The number of oxazole rings is 1. The van der Waals surface area contributed by atoms with Gasteiger partial charge in [-0.1, -0.05) is 30.5 Å². The van der Waals surface area contributed by atoms with Crippen LogP contribution in [-0.4, -0.2) is 24.5 Å². The van der Waals surface area contributed by atoms with Crippen molar-refractivity contribution in [3.05, 3.63) is 41.8 Å². The number of nitrogens with one attached hydrogen (secondary N) is 2. The number of nitrogens with zero attached hydrogens (tertiary/aromatic N) is 2. The Morgan fingerprint density at radius 1 is 1.25 bits per heavy atom. The molecule has 1 aliphatic rings. The van der Waals surface area contributed by atoms with Crippen molar-refractivity contribution in [3.63, 3.8) is 0 Å². The molecule has 5 nitrogen and oxygen atoms in total. The van der Waals surface area contributed by atoms with Crippen molar-refractivity contribution in [3.8, 4) is 11.5 Å². The molecule has 1 heterocycles. The molecule has 2 aromatic rings. The Morgan fingerprint density at radius 3 is 2.75 bits per heavy atom. The normalized spacial score (nSPS) is 14.7. The highest BCUT2D eigenvalue weighted by Gasteiger charge is 2.19. The van der Waals surface area contributed by atoms with Gasteiger partial charge in [0, 0.05) is 19.2 Å². The smallest absolute Gasteiger partial charge is 0.226 e. The van der Waals surface area contributed by atoms with E-state index in [9.17, 15) is 0 Å². The second-order valence-corrected chi connectivity index (χ2v) is 6.45. The summed E-state index contributed by atoms with van der Waals surface area (Å²) in [6.45, 7) is 3.62. The van der Waals surface area contributed by atoms with Crippen LogP contribution in [0.3, 0.4) is 0 Å². The van der Waals surface area contributed by atoms with Crippen LogP contribution in [0.5, 0.6) is 0 Å². The van der Waals surface area contributed by atoms with Gasteiger partial charge in [-0.2, -0.15) is 0 Å². The molecule has 2 N–H and O–H groups in total. The average molecular weight is 326 g/mol. The van der Waals surface area contributed by atoms with Crippen molar-refractivity contribution in [1.29, 1.82) is 0 Å². The zero-order valence-corrected chi connectivity index (χ0v) is 14.5. The molecule has 0 atom stereocenters. The van der Waals surface area contributed by atoms with Crippen LogP contribution < -0.4 is 10.6 Å². The van der Waals surface area contributed by atoms with E-state index in [4.69, 9.17) is 4.42 Å². The van der Waals surface area contributed by atoms with Gasteiger partial charge in [-0.15, -0.1) is 0 Å². The molecule has 0 bridgehead atoms. The van der Waals surface area contributed by atoms with Gasteiger partial charge in [-0.25, -0.2) is 4.98 Å². The third kappa shape index (κ3) is 4.85. The molecule has 1 aromatic carbocycles. The molecule has 0 radical (unpaired) electrons. The average Bonchev–Trinajstić information content (AvgIpc) is 3.31. The van der Waals surface area contributed by atoms with Crippen LogP contribution in [0.1, 0.15) is 36.9 Å². The van der Waals surface area contributed by atoms with Crippen molar-refractivity contribution >= 4 is 5.96 Å². The molecule has 0 spiro atoms. The minimum atomic E-state index is 0.595. The van der Waals surface area contributed by atoms with Gasteiger partial charge in [0.15, 0.2) is 5.96 Å². The fraction of sp³-hybridized carbons (Fsp3) is 0.474. The van der Waals surface area contributed by atoms with Crippen LogP contribution in [0.2, 0.25) is 0 Å². The number of rotatable bonds is 7. The van der Waals surface area contributed by atoms with E-state index in [1.807, 2.05) is 12.1 Å². The van der Waals surface area contributed by atoms with Crippen LogP contribution in [0.15, 0.2) is 39.9 Å². The van der Waals surface area contributed by atoms with Gasteiger partial charge in [0.2, 0.25) is 5.89 Å². The number of guanidine groups is 1. The van der Waals surface area contributed by atoms with Crippen molar-refractivity contribution in [2.45, 2.75) is 39.2 Å². The highest BCUT2D eigenvalue weighted by Crippen LogP contribution is 2.33. The van der Waals surface area contributed by atoms with Gasteiger partial charge in [0.25, 0.3) is 0 Å². The third-order valence-electron chi connectivity index (χ3n) is 4.29. The Morgan fingerprint density at radius 2 is 2.04 bits per heavy atom. The molecule has 1 aliphatic carbocycles. The molecule has 5 heteroatoms. The van der Waals surface area contributed by atoms with Gasteiger partial charge in [0.05, 0.1) is 12.2 Å². The van der Waals surface area contributed by atoms with E-state index in [1.54, 1.807) is 13.3 Å². The van der Waals surface area contributed by atoms with Gasteiger partial charge < -0.3 is 15.1 Å². The van der Waals surface area contributed by atoms with E-state index < -0.39 is 0 Å². The fourth-order valence-corrected chi connectivity index (χ4v) is 2.62. The van der Waals surface area contributed by atoms with E-state index in [0.29, 0.717) is 12.4 Å². The van der Waals surface area contributed by atoms with Crippen LogP contribution in [-0.2, 0) is 6.54 Å². The molecule has 1 aromatic heterocycles. The van der Waals surface area contributed by atoms with Crippen LogP contribution in [0.4, 0.5) is 0 Å². The molecule has 24 heavy (non-hydrogen) atoms. The minimum Gasteiger partial charge on any atom is -0.444 e. The number of hydrogen-bond acceptors (Lipinski definition) is 3. The number of hydrogen-bond donors (Lipinski definition) is 2. The number of benzene rings is 1. The summed E-state index contributed by atoms with van der Waals surface area (Å²) >= 11 is 0. The number of aryl methyl sites for hydroxylation is 1. The number of aliphatic imine (C=N–C) groups is 1. The largest absolute Gasteiger partial charge is 0.444 e. The Balaban J connectivity index is 1.45. The first kappa shape index (κ1) is 16.6. The molecule has 0 amide bonds. The predicted octanol–water partition coefficient (Wildman–Crippen LogP) is 3.51. The van der Waals surface area contributed by atoms with Crippen molar-refractivity contribution in [2.75, 3.05) is 13.6 Å². The monoisotopic (exact) mass is 326 g/mol. The summed E-state index contributed by atoms with van der Waals surface area (Å²) in [5.41, 5.74) is 3.09. The Hall–Kier alpha value is -2.30. The molecule has 3 rings (SSSR count). The third-order valence-corrected chi connectivity index (χ3v) is 4.29. The van der Waals surface area contributed by atoms with Crippen LogP contribution >= 0.6 is 0 Å². The SMILES string of the molecule is CN=C(NCCCC1CC1)NCc1coc(-c2ccc(C)cc2)n1. The highest BCUT2D eigenvalue weighted by atomic mass is 16.3. The first-order valence-corrected chi connectivity index (χ1v) is 8.70. The maximum absolute atomic E-state index is 5.58. The van der Waals surface area contributed by atoms with E-state index in [-0.39, 0.29) is 0 Å². The minimum absolute atomic E-state index is 0.595. The Kier molecular flexibility index (Phi) is 5.51. The standard InChI is InChI=1S/C19H26N4O/c1-14-5-9-16(10-6-14)18-23-17(13-24-18)12-22-19(20-2)21-11-3-4-15-7-8-15/h5-6,9-10,13,15H,3-4,7-8,11-12H2,1-2H3,(H2,20,21,22). The molecule has 1 saturated carbocycles. The summed E-state index contributed by atoms with van der Waals surface area (Å²) in [6, 6.07) is 8.17. The molecule has 0 aliphatic heterocycles. The molecule has 1 fully saturated rings. The summed E-state index contributed by atoms with van der Waals surface area (Å²) < 4.78 is 5.58. The zero-order chi connectivity index (χ0) is 16.8. The predicted molar refractivity (Wildman–Crippen MR) is 96.8 cm³/mol. The maximum atomic E-state index is 5.58. The molecular weight excluding hydrogens is 300 g/mol. The van der Waals surface area contributed by atoms with E-state index in [1.165, 1.54) is 31.2 Å². The van der Waals surface area contributed by atoms with E-state index >= 15 is 0 Å². The first-order valence-electron chi connectivity index (χ1n) is 8.70. The summed E-state index contributed by atoms with van der Waals surface area (Å²) in [4.78, 5) is 8.78. The fourth-order valence-electron chi connectivity index (χ4n) is 2.62. The molecule has 0 unspecified atom stereocenters. The molecular formula is C19H26N4O. The Labute approximate surface area is 143 Å². The van der Waals surface area contributed by atoms with Gasteiger partial charge >= 0.3 is 0 Å². The van der Waals surface area contributed by atoms with Crippen molar-refractivity contribution in [2.24, 2.45) is 10.9 Å². The second kappa shape index (κ2) is 7.99. The number of aromatic nitrogens is 1. The molecule has 128 valence electrons. The lowest BCUT2D eigenvalue weighted by Crippen LogP contribution is -2.37. The summed E-state index contributed by atoms with van der Waals surface area (Å²) in [7, 11) is 1.79. The lowest BCUT2D eigenvalue weighted by atomic mass is 10.1. The second-order valence-electron chi connectivity index (χ2n) is 6.45. The highest BCUT2D eigenvalue weighted by molar-refractivity contribution is 5.79. The van der Waals surface area contributed by atoms with Gasteiger partial charge in [-0.05, 0) is 37.8 Å².